The van der Waals surface area contributed by atoms with E-state index in [9.17, 15) is 14.7 Å². The molecule has 172 valence electrons. The Morgan fingerprint density at radius 1 is 1.11 bits per heavy atom. The van der Waals surface area contributed by atoms with Crippen molar-refractivity contribution in [3.05, 3.63) is 100 Å². The van der Waals surface area contributed by atoms with E-state index in [0.29, 0.717) is 33.2 Å². The third-order valence-corrected chi connectivity index (χ3v) is 6.22. The molecule has 0 bridgehead atoms. The lowest BCUT2D eigenvalue weighted by Crippen LogP contribution is -2.37. The number of hydrogen-bond acceptors (Lipinski definition) is 7. The summed E-state index contributed by atoms with van der Waals surface area (Å²) in [7, 11) is 0. The number of phenolic OH excluding ortho intramolecular Hbond substituents is 1. The highest BCUT2D eigenvalue weighted by Crippen LogP contribution is 2.36. The summed E-state index contributed by atoms with van der Waals surface area (Å²) in [4.78, 5) is 36.3. The van der Waals surface area contributed by atoms with Crippen molar-refractivity contribution in [3.63, 3.8) is 0 Å². The molecule has 2 amide bonds. The van der Waals surface area contributed by atoms with Crippen molar-refractivity contribution < 1.29 is 14.7 Å². The van der Waals surface area contributed by atoms with Crippen molar-refractivity contribution in [2.24, 2.45) is 0 Å². The van der Waals surface area contributed by atoms with E-state index >= 15 is 0 Å². The smallest absolute Gasteiger partial charge is 0.255 e. The van der Waals surface area contributed by atoms with Crippen LogP contribution in [0.5, 0.6) is 5.75 Å². The highest BCUT2D eigenvalue weighted by Gasteiger charge is 2.38. The van der Waals surface area contributed by atoms with Gasteiger partial charge in [0.1, 0.15) is 17.6 Å². The number of nitrogens with two attached hydrogens (primary N) is 1. The molecule has 2 aromatic heterocycles. The van der Waals surface area contributed by atoms with Gasteiger partial charge in [0.05, 0.1) is 0 Å². The largest absolute Gasteiger partial charge is 0.508 e. The molecule has 1 atom stereocenters. The van der Waals surface area contributed by atoms with Crippen molar-refractivity contribution >= 4 is 34.1 Å². The van der Waals surface area contributed by atoms with Crippen molar-refractivity contribution in [2.75, 3.05) is 11.1 Å². The molecule has 5 rings (SSSR count). The molecule has 0 saturated heterocycles. The van der Waals surface area contributed by atoms with E-state index in [2.05, 4.69) is 27.1 Å². The number of carbonyl (C=O) groups is 2. The molecule has 8 nitrogen and oxygen atoms in total. The van der Waals surface area contributed by atoms with Gasteiger partial charge in [-0.25, -0.2) is 9.97 Å². The summed E-state index contributed by atoms with van der Waals surface area (Å²) in [6, 6.07) is 14.3. The highest BCUT2D eigenvalue weighted by molar-refractivity contribution is 7.13. The number of para-hydroxylation sites is 1. The molecule has 0 saturated carbocycles. The monoisotopic (exact) mass is 481 g/mol. The minimum absolute atomic E-state index is 0.0702. The van der Waals surface area contributed by atoms with Crippen LogP contribution in [0.3, 0.4) is 0 Å². The van der Waals surface area contributed by atoms with Crippen LogP contribution in [0.2, 0.25) is 0 Å². The number of phenols is 1. The number of pyridine rings is 1. The molecule has 35 heavy (non-hydrogen) atoms. The molecule has 0 aliphatic carbocycles. The van der Waals surface area contributed by atoms with Crippen LogP contribution in [0, 0.1) is 11.8 Å². The minimum Gasteiger partial charge on any atom is -0.508 e. The van der Waals surface area contributed by atoms with Crippen molar-refractivity contribution in [2.45, 2.75) is 12.6 Å². The van der Waals surface area contributed by atoms with Gasteiger partial charge in [-0.15, -0.1) is 11.3 Å². The Morgan fingerprint density at radius 2 is 1.91 bits per heavy atom. The van der Waals surface area contributed by atoms with Crippen molar-refractivity contribution in [1.82, 2.24) is 14.9 Å². The number of anilines is 2. The SMILES string of the molecule is Nc1ccc(C#Cc2ccc3c(c2)C(=O)N([C@@H](C(=O)Nc2nccs2)c2ccccc2O)C3)cn1. The minimum atomic E-state index is -1.05. The number of aromatic hydroxyl groups is 1. The Morgan fingerprint density at radius 3 is 2.66 bits per heavy atom. The predicted octanol–water partition coefficient (Wildman–Crippen LogP) is 3.56. The van der Waals surface area contributed by atoms with Crippen LogP contribution in [0.1, 0.15) is 38.7 Å². The molecule has 9 heteroatoms. The van der Waals surface area contributed by atoms with Gasteiger partial charge in [-0.2, -0.15) is 0 Å². The van der Waals surface area contributed by atoms with Crippen LogP contribution in [0.4, 0.5) is 10.9 Å². The average Bonchev–Trinajstić information content (AvgIpc) is 3.48. The second kappa shape index (κ2) is 9.29. The van der Waals surface area contributed by atoms with Gasteiger partial charge in [0.2, 0.25) is 0 Å². The number of hydrogen-bond donors (Lipinski definition) is 3. The third kappa shape index (κ3) is 4.55. The number of carbonyl (C=O) groups excluding carboxylic acids is 2. The molecule has 2 aromatic carbocycles. The number of benzene rings is 2. The topological polar surface area (TPSA) is 121 Å². The Kier molecular flexibility index (Phi) is 5.87. The number of nitrogens with zero attached hydrogens (tertiary/aromatic N) is 3. The molecule has 1 aliphatic rings. The molecule has 0 unspecified atom stereocenters. The van der Waals surface area contributed by atoms with Gasteiger partial charge in [0.25, 0.3) is 11.8 Å². The summed E-state index contributed by atoms with van der Waals surface area (Å²) >= 11 is 1.27. The van der Waals surface area contributed by atoms with Crippen LogP contribution in [0.25, 0.3) is 0 Å². The number of thiazole rings is 1. The van der Waals surface area contributed by atoms with Gasteiger partial charge in [-0.3, -0.25) is 14.9 Å². The first-order chi connectivity index (χ1) is 17.0. The quantitative estimate of drug-likeness (QED) is 0.383. The predicted molar refractivity (Wildman–Crippen MR) is 133 cm³/mol. The number of nitrogen functional groups attached to an aromatic ring is 1. The first-order valence-corrected chi connectivity index (χ1v) is 11.5. The lowest BCUT2D eigenvalue weighted by molar-refractivity contribution is -0.120. The molecule has 0 radical (unpaired) electrons. The maximum atomic E-state index is 13.5. The summed E-state index contributed by atoms with van der Waals surface area (Å²) in [6.45, 7) is 0.216. The van der Waals surface area contributed by atoms with Crippen LogP contribution in [0.15, 0.2) is 72.4 Å². The van der Waals surface area contributed by atoms with Crippen LogP contribution < -0.4 is 11.1 Å². The highest BCUT2D eigenvalue weighted by atomic mass is 32.1. The summed E-state index contributed by atoms with van der Waals surface area (Å²) in [5.41, 5.74) is 8.54. The van der Waals surface area contributed by atoms with E-state index in [1.54, 1.807) is 54.2 Å². The maximum absolute atomic E-state index is 13.5. The van der Waals surface area contributed by atoms with E-state index in [4.69, 9.17) is 5.73 Å². The number of aromatic nitrogens is 2. The maximum Gasteiger partial charge on any atom is 0.255 e. The lowest BCUT2D eigenvalue weighted by atomic mass is 10.0. The second-order valence-electron chi connectivity index (χ2n) is 7.81. The summed E-state index contributed by atoms with van der Waals surface area (Å²) in [6.07, 6.45) is 3.16. The summed E-state index contributed by atoms with van der Waals surface area (Å²) < 4.78 is 0. The number of fused-ring (bicyclic) bond motifs is 1. The van der Waals surface area contributed by atoms with E-state index in [1.807, 2.05) is 12.1 Å². The molecule has 4 N–H and O–H groups in total. The Labute approximate surface area is 205 Å². The fraction of sp³-hybridized carbons (Fsp3) is 0.0769. The third-order valence-electron chi connectivity index (χ3n) is 5.53. The van der Waals surface area contributed by atoms with Gasteiger partial charge < -0.3 is 15.7 Å². The van der Waals surface area contributed by atoms with E-state index < -0.39 is 11.9 Å². The van der Waals surface area contributed by atoms with Crippen LogP contribution >= 0.6 is 11.3 Å². The van der Waals surface area contributed by atoms with E-state index in [-0.39, 0.29) is 18.2 Å². The second-order valence-corrected chi connectivity index (χ2v) is 8.71. The molecule has 1 aliphatic heterocycles. The van der Waals surface area contributed by atoms with Crippen LogP contribution in [-0.2, 0) is 11.3 Å². The van der Waals surface area contributed by atoms with Gasteiger partial charge in [-0.1, -0.05) is 36.1 Å². The van der Waals surface area contributed by atoms with E-state index in [0.717, 1.165) is 5.56 Å². The summed E-state index contributed by atoms with van der Waals surface area (Å²) in [5.74, 6) is 5.61. The Bertz CT molecular complexity index is 1470. The number of nitrogens with one attached hydrogen (secondary N) is 1. The molecule has 3 heterocycles. The van der Waals surface area contributed by atoms with Crippen molar-refractivity contribution in [3.8, 4) is 17.6 Å². The van der Waals surface area contributed by atoms with Crippen LogP contribution in [-0.4, -0.2) is 31.8 Å². The molecule has 4 aromatic rings. The number of rotatable bonds is 4. The molecular formula is C26H19N5O3S. The average molecular weight is 482 g/mol. The Hall–Kier alpha value is -4.68. The first-order valence-electron chi connectivity index (χ1n) is 10.7. The van der Waals surface area contributed by atoms with Gasteiger partial charge in [0.15, 0.2) is 5.13 Å². The van der Waals surface area contributed by atoms with E-state index in [1.165, 1.54) is 22.3 Å². The summed E-state index contributed by atoms with van der Waals surface area (Å²) in [5, 5.41) is 15.4. The zero-order valence-corrected chi connectivity index (χ0v) is 19.1. The zero-order valence-electron chi connectivity index (χ0n) is 18.3. The fourth-order valence-corrected chi connectivity index (χ4v) is 4.39. The first kappa shape index (κ1) is 22.1. The molecule has 0 fully saturated rings. The number of amides is 2. The van der Waals surface area contributed by atoms with Crippen molar-refractivity contribution in [1.29, 1.82) is 0 Å². The van der Waals surface area contributed by atoms with Gasteiger partial charge in [-0.05, 0) is 35.9 Å². The Balaban J connectivity index is 1.46. The normalized spacial score (nSPS) is 13.0. The standard InChI is InChI=1S/C26H19N5O3S/c27-22-10-8-17(14-29-22)6-5-16-7-9-18-15-31(25(34)20(18)13-16)23(19-3-1-2-4-21(19)32)24(33)30-26-28-11-12-35-26/h1-4,7-14,23,32H,15H2,(H2,27,29)(H,28,30,33)/t23-/m1/s1. The molecular weight excluding hydrogens is 462 g/mol. The van der Waals surface area contributed by atoms with Gasteiger partial charge >= 0.3 is 0 Å². The molecule has 0 spiro atoms. The van der Waals surface area contributed by atoms with Gasteiger partial charge in [0, 0.05) is 46.6 Å². The zero-order chi connectivity index (χ0) is 24.4. The fourth-order valence-electron chi connectivity index (χ4n) is 3.86. The lowest BCUT2D eigenvalue weighted by Gasteiger charge is -2.27.